The minimum atomic E-state index is -3.55. The van der Waals surface area contributed by atoms with E-state index in [0.29, 0.717) is 11.6 Å². The maximum absolute atomic E-state index is 11.9. The molecule has 0 saturated carbocycles. The van der Waals surface area contributed by atoms with Crippen LogP contribution in [0.25, 0.3) is 0 Å². The first-order chi connectivity index (χ1) is 8.53. The third-order valence-corrected chi connectivity index (χ3v) is 5.51. The predicted molar refractivity (Wildman–Crippen MR) is 71.0 cm³/mol. The lowest BCUT2D eigenvalue weighted by atomic mass is 10.4. The highest BCUT2D eigenvalue weighted by Crippen LogP contribution is 2.30. The number of hydrogen-bond donors (Lipinski definition) is 2. The van der Waals surface area contributed by atoms with Crippen LogP contribution in [0.15, 0.2) is 0 Å². The van der Waals surface area contributed by atoms with E-state index in [1.54, 1.807) is 0 Å². The Balaban J connectivity index is 2.02. The van der Waals surface area contributed by atoms with E-state index in [1.807, 2.05) is 0 Å². The summed E-state index contributed by atoms with van der Waals surface area (Å²) in [6, 6.07) is 0. The first-order valence-corrected chi connectivity index (χ1v) is 8.12. The van der Waals surface area contributed by atoms with Gasteiger partial charge in [-0.15, -0.1) is 11.3 Å². The fourth-order valence-electron chi connectivity index (χ4n) is 1.84. The van der Waals surface area contributed by atoms with Gasteiger partial charge < -0.3 is 5.11 Å². The first kappa shape index (κ1) is 13.7. The van der Waals surface area contributed by atoms with Crippen LogP contribution in [0.1, 0.15) is 23.4 Å². The van der Waals surface area contributed by atoms with Gasteiger partial charge in [-0.05, 0) is 25.7 Å². The standard InChI is InChI=1S/C10H17N3O3S2/c1-13(6-3-7-14)18(15,16)12-10-11-8-4-2-5-9(8)17-10/h14H,2-7H2,1H3,(H,11,12). The summed E-state index contributed by atoms with van der Waals surface area (Å²) >= 11 is 1.41. The molecule has 0 unspecified atom stereocenters. The Morgan fingerprint density at radius 1 is 1.50 bits per heavy atom. The van der Waals surface area contributed by atoms with Gasteiger partial charge in [0.2, 0.25) is 0 Å². The average molecular weight is 291 g/mol. The van der Waals surface area contributed by atoms with Gasteiger partial charge in [0.15, 0.2) is 5.13 Å². The summed E-state index contributed by atoms with van der Waals surface area (Å²) in [5, 5.41) is 9.14. The predicted octanol–water partition coefficient (Wildman–Crippen LogP) is 0.603. The third kappa shape index (κ3) is 3.00. The number of nitrogens with one attached hydrogen (secondary N) is 1. The van der Waals surface area contributed by atoms with Crippen LogP contribution in [0.4, 0.5) is 5.13 Å². The van der Waals surface area contributed by atoms with Gasteiger partial charge in [0.25, 0.3) is 0 Å². The summed E-state index contributed by atoms with van der Waals surface area (Å²) in [7, 11) is -2.07. The van der Waals surface area contributed by atoms with Crippen molar-refractivity contribution in [3.05, 3.63) is 10.6 Å². The molecule has 1 aliphatic rings. The fourth-order valence-corrected chi connectivity index (χ4v) is 4.01. The number of aromatic nitrogens is 1. The number of aliphatic hydroxyl groups excluding tert-OH is 1. The van der Waals surface area contributed by atoms with Gasteiger partial charge >= 0.3 is 10.2 Å². The van der Waals surface area contributed by atoms with Crippen LogP contribution in [0.5, 0.6) is 0 Å². The molecule has 0 atom stereocenters. The smallest absolute Gasteiger partial charge is 0.303 e. The van der Waals surface area contributed by atoms with Gasteiger partial charge in [-0.1, -0.05) is 0 Å². The van der Waals surface area contributed by atoms with E-state index in [2.05, 4.69) is 9.71 Å². The molecule has 0 radical (unpaired) electrons. The minimum absolute atomic E-state index is 0.0224. The van der Waals surface area contributed by atoms with Crippen LogP contribution < -0.4 is 4.72 Å². The second-order valence-electron chi connectivity index (χ2n) is 4.25. The van der Waals surface area contributed by atoms with Crippen LogP contribution in [0.2, 0.25) is 0 Å². The van der Waals surface area contributed by atoms with Crippen LogP contribution in [-0.2, 0) is 23.1 Å². The Labute approximate surface area is 111 Å². The van der Waals surface area contributed by atoms with Crippen molar-refractivity contribution in [2.24, 2.45) is 0 Å². The lowest BCUT2D eigenvalue weighted by molar-refractivity contribution is 0.276. The number of aliphatic hydroxyl groups is 1. The van der Waals surface area contributed by atoms with Gasteiger partial charge in [-0.3, -0.25) is 0 Å². The molecule has 0 amide bonds. The molecule has 1 aliphatic carbocycles. The molecule has 1 aromatic rings. The summed E-state index contributed by atoms with van der Waals surface area (Å²) < 4.78 is 27.5. The molecular formula is C10H17N3O3S2. The molecule has 0 fully saturated rings. The van der Waals surface area contributed by atoms with E-state index in [0.717, 1.165) is 25.0 Å². The van der Waals surface area contributed by atoms with E-state index in [9.17, 15) is 8.42 Å². The molecule has 2 N–H and O–H groups in total. The van der Waals surface area contributed by atoms with Crippen molar-refractivity contribution in [2.75, 3.05) is 24.9 Å². The summed E-state index contributed by atoms with van der Waals surface area (Å²) in [6.45, 7) is 0.266. The van der Waals surface area contributed by atoms with Crippen LogP contribution in [-0.4, -0.2) is 43.0 Å². The van der Waals surface area contributed by atoms with Gasteiger partial charge in [0.05, 0.1) is 5.69 Å². The Bertz CT molecular complexity index is 491. The van der Waals surface area contributed by atoms with E-state index in [4.69, 9.17) is 5.11 Å². The molecule has 0 spiro atoms. The normalized spacial score (nSPS) is 15.1. The fraction of sp³-hybridized carbons (Fsp3) is 0.700. The Hall–Kier alpha value is -0.700. The maximum Gasteiger partial charge on any atom is 0.303 e. The molecule has 6 nitrogen and oxygen atoms in total. The van der Waals surface area contributed by atoms with E-state index in [-0.39, 0.29) is 13.2 Å². The molecule has 1 aromatic heterocycles. The van der Waals surface area contributed by atoms with Crippen molar-refractivity contribution in [3.63, 3.8) is 0 Å². The topological polar surface area (TPSA) is 82.5 Å². The van der Waals surface area contributed by atoms with Gasteiger partial charge in [0, 0.05) is 25.1 Å². The Morgan fingerprint density at radius 2 is 2.28 bits per heavy atom. The number of anilines is 1. The first-order valence-electron chi connectivity index (χ1n) is 5.86. The van der Waals surface area contributed by atoms with Crippen molar-refractivity contribution in [1.82, 2.24) is 9.29 Å². The third-order valence-electron chi connectivity index (χ3n) is 2.85. The van der Waals surface area contributed by atoms with Crippen molar-refractivity contribution in [3.8, 4) is 0 Å². The Morgan fingerprint density at radius 3 is 2.94 bits per heavy atom. The van der Waals surface area contributed by atoms with Gasteiger partial charge in [-0.25, -0.2) is 9.71 Å². The number of thiazole rings is 1. The molecule has 8 heteroatoms. The second kappa shape index (κ2) is 5.52. The monoisotopic (exact) mass is 291 g/mol. The zero-order valence-electron chi connectivity index (χ0n) is 10.2. The van der Waals surface area contributed by atoms with E-state index < -0.39 is 10.2 Å². The highest BCUT2D eigenvalue weighted by Gasteiger charge is 2.22. The van der Waals surface area contributed by atoms with E-state index in [1.165, 1.54) is 27.6 Å². The molecule has 0 bridgehead atoms. The molecular weight excluding hydrogens is 274 g/mol. The SMILES string of the molecule is CN(CCCO)S(=O)(=O)Nc1nc2c(s1)CCC2. The molecule has 18 heavy (non-hydrogen) atoms. The molecule has 0 aromatic carbocycles. The van der Waals surface area contributed by atoms with Gasteiger partial charge in [0.1, 0.15) is 0 Å². The second-order valence-corrected chi connectivity index (χ2v) is 7.11. The number of fused-ring (bicyclic) bond motifs is 1. The minimum Gasteiger partial charge on any atom is -0.396 e. The van der Waals surface area contributed by atoms with Crippen LogP contribution in [0.3, 0.4) is 0 Å². The number of aryl methyl sites for hydroxylation is 2. The van der Waals surface area contributed by atoms with Crippen molar-refractivity contribution < 1.29 is 13.5 Å². The zero-order valence-corrected chi connectivity index (χ0v) is 11.9. The average Bonchev–Trinajstić information content (AvgIpc) is 2.85. The van der Waals surface area contributed by atoms with E-state index >= 15 is 0 Å². The summed E-state index contributed by atoms with van der Waals surface area (Å²) in [5.74, 6) is 0. The molecule has 0 saturated heterocycles. The maximum atomic E-state index is 11.9. The highest BCUT2D eigenvalue weighted by molar-refractivity contribution is 7.90. The number of nitrogens with zero attached hydrogens (tertiary/aromatic N) is 2. The number of hydrogen-bond acceptors (Lipinski definition) is 5. The van der Waals surface area contributed by atoms with Gasteiger partial charge in [-0.2, -0.15) is 12.7 Å². The Kier molecular flexibility index (Phi) is 4.21. The largest absolute Gasteiger partial charge is 0.396 e. The molecule has 0 aliphatic heterocycles. The van der Waals surface area contributed by atoms with Crippen molar-refractivity contribution in [2.45, 2.75) is 25.7 Å². The zero-order chi connectivity index (χ0) is 13.2. The summed E-state index contributed by atoms with van der Waals surface area (Å²) in [4.78, 5) is 5.48. The lowest BCUT2D eigenvalue weighted by Crippen LogP contribution is -2.33. The molecule has 102 valence electrons. The quantitative estimate of drug-likeness (QED) is 0.804. The van der Waals surface area contributed by atoms with Crippen molar-refractivity contribution in [1.29, 1.82) is 0 Å². The lowest BCUT2D eigenvalue weighted by Gasteiger charge is -2.16. The summed E-state index contributed by atoms with van der Waals surface area (Å²) in [5.41, 5.74) is 1.02. The van der Waals surface area contributed by atoms with Crippen LogP contribution >= 0.6 is 11.3 Å². The highest BCUT2D eigenvalue weighted by atomic mass is 32.2. The number of rotatable bonds is 6. The summed E-state index contributed by atoms with van der Waals surface area (Å²) in [6.07, 6.45) is 3.46. The molecule has 1 heterocycles. The van der Waals surface area contributed by atoms with Crippen molar-refractivity contribution >= 4 is 26.7 Å². The molecule has 2 rings (SSSR count). The van der Waals surface area contributed by atoms with Crippen LogP contribution in [0, 0.1) is 0 Å².